The maximum atomic E-state index is 11.7. The third-order valence-electron chi connectivity index (χ3n) is 2.70. The summed E-state index contributed by atoms with van der Waals surface area (Å²) in [5, 5.41) is 9.57. The van der Waals surface area contributed by atoms with Crippen molar-refractivity contribution in [1.29, 1.82) is 0 Å². The van der Waals surface area contributed by atoms with Crippen LogP contribution in [0.4, 0.5) is 0 Å². The first-order valence-electron chi connectivity index (χ1n) is 5.00. The molecule has 1 saturated heterocycles. The number of amides is 1. The molecule has 1 amide bonds. The second-order valence-corrected chi connectivity index (χ2v) is 4.72. The lowest BCUT2D eigenvalue weighted by molar-refractivity contribution is -0.146. The smallest absolute Gasteiger partial charge is 0.254 e. The number of aliphatic hydroxyl groups is 1. The molecule has 1 aliphatic heterocycles. The van der Waals surface area contributed by atoms with Crippen LogP contribution in [0.3, 0.4) is 0 Å². The van der Waals surface area contributed by atoms with E-state index in [0.717, 1.165) is 19.5 Å². The topological polar surface area (TPSA) is 43.8 Å². The fraction of sp³-hybridized carbons (Fsp3) is 0.900. The SMILES string of the molecule is CN(C)C1CCN(C(=O)C(C)(C)O)C1. The summed E-state index contributed by atoms with van der Waals surface area (Å²) in [5.41, 5.74) is -1.23. The van der Waals surface area contributed by atoms with E-state index in [2.05, 4.69) is 4.90 Å². The molecule has 1 N–H and O–H groups in total. The van der Waals surface area contributed by atoms with E-state index >= 15 is 0 Å². The second kappa shape index (κ2) is 3.87. The van der Waals surface area contributed by atoms with Gasteiger partial charge in [0.25, 0.3) is 5.91 Å². The van der Waals surface area contributed by atoms with E-state index < -0.39 is 5.60 Å². The van der Waals surface area contributed by atoms with Gasteiger partial charge in [-0.05, 0) is 34.4 Å². The first-order valence-corrected chi connectivity index (χ1v) is 5.00. The largest absolute Gasteiger partial charge is 0.381 e. The van der Waals surface area contributed by atoms with Gasteiger partial charge in [0.15, 0.2) is 0 Å². The van der Waals surface area contributed by atoms with Crippen LogP contribution in [0.25, 0.3) is 0 Å². The molecule has 4 heteroatoms. The Morgan fingerprint density at radius 1 is 1.50 bits per heavy atom. The van der Waals surface area contributed by atoms with Crippen LogP contribution in [-0.4, -0.2) is 59.6 Å². The summed E-state index contributed by atoms with van der Waals surface area (Å²) >= 11 is 0. The van der Waals surface area contributed by atoms with Gasteiger partial charge in [0.1, 0.15) is 5.60 Å². The van der Waals surface area contributed by atoms with Gasteiger partial charge in [-0.2, -0.15) is 0 Å². The van der Waals surface area contributed by atoms with Gasteiger partial charge in [-0.1, -0.05) is 0 Å². The highest BCUT2D eigenvalue weighted by atomic mass is 16.3. The van der Waals surface area contributed by atoms with Gasteiger partial charge >= 0.3 is 0 Å². The number of carbonyl (C=O) groups excluding carboxylic acids is 1. The van der Waals surface area contributed by atoms with E-state index in [0.29, 0.717) is 6.04 Å². The van der Waals surface area contributed by atoms with Crippen molar-refractivity contribution in [3.05, 3.63) is 0 Å². The van der Waals surface area contributed by atoms with Crippen LogP contribution in [0.1, 0.15) is 20.3 Å². The standard InChI is InChI=1S/C10H20N2O2/c1-10(2,14)9(13)12-6-5-8(7-12)11(3)4/h8,14H,5-7H2,1-4H3. The fourth-order valence-electron chi connectivity index (χ4n) is 1.73. The molecule has 0 aromatic rings. The zero-order chi connectivity index (χ0) is 10.9. The molecule has 1 fully saturated rings. The third kappa shape index (κ3) is 2.45. The van der Waals surface area contributed by atoms with E-state index in [4.69, 9.17) is 0 Å². The Balaban J connectivity index is 2.54. The van der Waals surface area contributed by atoms with Gasteiger partial charge in [-0.3, -0.25) is 4.79 Å². The quantitative estimate of drug-likeness (QED) is 0.678. The van der Waals surface area contributed by atoms with Gasteiger partial charge in [-0.15, -0.1) is 0 Å². The minimum atomic E-state index is -1.23. The molecule has 4 nitrogen and oxygen atoms in total. The van der Waals surface area contributed by atoms with Crippen molar-refractivity contribution >= 4 is 5.91 Å². The molecule has 1 rings (SSSR count). The first kappa shape index (κ1) is 11.5. The molecule has 1 heterocycles. The molecule has 14 heavy (non-hydrogen) atoms. The average molecular weight is 200 g/mol. The fourth-order valence-corrected chi connectivity index (χ4v) is 1.73. The van der Waals surface area contributed by atoms with Crippen LogP contribution in [0.2, 0.25) is 0 Å². The number of rotatable bonds is 2. The zero-order valence-electron chi connectivity index (χ0n) is 9.45. The van der Waals surface area contributed by atoms with Gasteiger partial charge in [0, 0.05) is 19.1 Å². The minimum Gasteiger partial charge on any atom is -0.381 e. The number of hydrogen-bond donors (Lipinski definition) is 1. The molecule has 1 atom stereocenters. The summed E-state index contributed by atoms with van der Waals surface area (Å²) in [6.45, 7) is 4.57. The molecule has 0 aromatic heterocycles. The second-order valence-electron chi connectivity index (χ2n) is 4.72. The number of likely N-dealkylation sites (tertiary alicyclic amines) is 1. The molecular weight excluding hydrogens is 180 g/mol. The Hall–Kier alpha value is -0.610. The number of carbonyl (C=O) groups is 1. The lowest BCUT2D eigenvalue weighted by Gasteiger charge is -2.25. The van der Waals surface area contributed by atoms with Crippen molar-refractivity contribution in [2.45, 2.75) is 31.9 Å². The zero-order valence-corrected chi connectivity index (χ0v) is 9.45. The Morgan fingerprint density at radius 3 is 2.43 bits per heavy atom. The Morgan fingerprint density at radius 2 is 2.07 bits per heavy atom. The van der Waals surface area contributed by atoms with Crippen molar-refractivity contribution in [2.24, 2.45) is 0 Å². The number of hydrogen-bond acceptors (Lipinski definition) is 3. The highest BCUT2D eigenvalue weighted by Crippen LogP contribution is 2.17. The van der Waals surface area contributed by atoms with Crippen LogP contribution in [0, 0.1) is 0 Å². The third-order valence-corrected chi connectivity index (χ3v) is 2.70. The predicted octanol–water partition coefficient (Wildman–Crippen LogP) is -0.0802. The average Bonchev–Trinajstić information content (AvgIpc) is 2.48. The van der Waals surface area contributed by atoms with E-state index in [9.17, 15) is 9.90 Å². The summed E-state index contributed by atoms with van der Waals surface area (Å²) in [5.74, 6) is -0.165. The maximum absolute atomic E-state index is 11.7. The van der Waals surface area contributed by atoms with Gasteiger partial charge < -0.3 is 14.9 Å². The van der Waals surface area contributed by atoms with E-state index in [-0.39, 0.29) is 5.91 Å². The first-order chi connectivity index (χ1) is 6.32. The summed E-state index contributed by atoms with van der Waals surface area (Å²) in [4.78, 5) is 15.6. The molecule has 0 bridgehead atoms. The molecule has 0 saturated carbocycles. The molecule has 0 aliphatic carbocycles. The van der Waals surface area contributed by atoms with E-state index in [1.807, 2.05) is 14.1 Å². The normalized spacial score (nSPS) is 23.3. The van der Waals surface area contributed by atoms with Gasteiger partial charge in [0.2, 0.25) is 0 Å². The Kier molecular flexibility index (Phi) is 3.17. The van der Waals surface area contributed by atoms with Gasteiger partial charge in [0.05, 0.1) is 0 Å². The maximum Gasteiger partial charge on any atom is 0.254 e. The van der Waals surface area contributed by atoms with E-state index in [1.54, 1.807) is 18.7 Å². The molecule has 1 unspecified atom stereocenters. The van der Waals surface area contributed by atoms with Crippen molar-refractivity contribution in [3.63, 3.8) is 0 Å². The molecule has 0 radical (unpaired) electrons. The lowest BCUT2D eigenvalue weighted by Crippen LogP contribution is -2.45. The molecule has 0 aromatic carbocycles. The number of nitrogens with zero attached hydrogens (tertiary/aromatic N) is 2. The molecular formula is C10H20N2O2. The van der Waals surface area contributed by atoms with Crippen molar-refractivity contribution in [1.82, 2.24) is 9.80 Å². The monoisotopic (exact) mass is 200 g/mol. The van der Waals surface area contributed by atoms with Crippen LogP contribution in [0.15, 0.2) is 0 Å². The van der Waals surface area contributed by atoms with Gasteiger partial charge in [-0.25, -0.2) is 0 Å². The number of likely N-dealkylation sites (N-methyl/N-ethyl adjacent to an activating group) is 1. The van der Waals surface area contributed by atoms with Crippen LogP contribution in [-0.2, 0) is 4.79 Å². The lowest BCUT2D eigenvalue weighted by atomic mass is 10.1. The summed E-state index contributed by atoms with van der Waals surface area (Å²) < 4.78 is 0. The molecule has 0 spiro atoms. The molecule has 1 aliphatic rings. The van der Waals surface area contributed by atoms with Crippen LogP contribution < -0.4 is 0 Å². The van der Waals surface area contributed by atoms with Crippen molar-refractivity contribution in [3.8, 4) is 0 Å². The summed E-state index contributed by atoms with van der Waals surface area (Å²) in [6, 6.07) is 0.432. The summed E-state index contributed by atoms with van der Waals surface area (Å²) in [7, 11) is 4.03. The van der Waals surface area contributed by atoms with E-state index in [1.165, 1.54) is 0 Å². The van der Waals surface area contributed by atoms with Crippen LogP contribution >= 0.6 is 0 Å². The molecule has 82 valence electrons. The minimum absolute atomic E-state index is 0.165. The van der Waals surface area contributed by atoms with Crippen LogP contribution in [0.5, 0.6) is 0 Å². The Labute approximate surface area is 85.5 Å². The van der Waals surface area contributed by atoms with Crippen molar-refractivity contribution < 1.29 is 9.90 Å². The Bertz CT molecular complexity index is 221. The summed E-state index contributed by atoms with van der Waals surface area (Å²) in [6.07, 6.45) is 0.995. The van der Waals surface area contributed by atoms with Crippen molar-refractivity contribution in [2.75, 3.05) is 27.2 Å². The highest BCUT2D eigenvalue weighted by molar-refractivity contribution is 5.84. The highest BCUT2D eigenvalue weighted by Gasteiger charge is 2.34. The predicted molar refractivity (Wildman–Crippen MR) is 55.0 cm³/mol.